The van der Waals surface area contributed by atoms with Crippen LogP contribution in [0.15, 0.2) is 12.7 Å². The van der Waals surface area contributed by atoms with Gasteiger partial charge in [0.15, 0.2) is 0 Å². The van der Waals surface area contributed by atoms with E-state index in [-0.39, 0.29) is 0 Å². The number of hydrogen-bond donors (Lipinski definition) is 1. The van der Waals surface area contributed by atoms with E-state index in [4.69, 9.17) is 0 Å². The van der Waals surface area contributed by atoms with Gasteiger partial charge in [0, 0.05) is 12.1 Å². The van der Waals surface area contributed by atoms with Crippen molar-refractivity contribution in [2.45, 2.75) is 65.0 Å². The van der Waals surface area contributed by atoms with Crippen molar-refractivity contribution in [3.8, 4) is 0 Å². The normalized spacial score (nSPS) is 15.3. The van der Waals surface area contributed by atoms with Crippen LogP contribution < -0.4 is 5.32 Å². The standard InChI is InChI=1S/C12H25N/c1-5-7-9-11(3)13-12(4)10-8-6-2/h5,11-13H,1,6-10H2,2-4H3. The number of rotatable bonds is 8. The summed E-state index contributed by atoms with van der Waals surface area (Å²) in [6.45, 7) is 10.5. The molecule has 0 fully saturated rings. The monoisotopic (exact) mass is 183 g/mol. The van der Waals surface area contributed by atoms with Crippen molar-refractivity contribution in [1.82, 2.24) is 5.32 Å². The van der Waals surface area contributed by atoms with E-state index in [0.29, 0.717) is 12.1 Å². The maximum Gasteiger partial charge on any atom is 0.00441 e. The van der Waals surface area contributed by atoms with E-state index in [9.17, 15) is 0 Å². The quantitative estimate of drug-likeness (QED) is 0.568. The van der Waals surface area contributed by atoms with E-state index < -0.39 is 0 Å². The zero-order valence-corrected chi connectivity index (χ0v) is 9.47. The second kappa shape index (κ2) is 8.31. The van der Waals surface area contributed by atoms with Crippen molar-refractivity contribution in [1.29, 1.82) is 0 Å². The minimum Gasteiger partial charge on any atom is -0.312 e. The first kappa shape index (κ1) is 12.7. The van der Waals surface area contributed by atoms with Gasteiger partial charge in [-0.2, -0.15) is 0 Å². The lowest BCUT2D eigenvalue weighted by atomic mass is 10.1. The van der Waals surface area contributed by atoms with E-state index in [1.54, 1.807) is 0 Å². The smallest absolute Gasteiger partial charge is 0.00441 e. The number of allylic oxidation sites excluding steroid dienone is 1. The van der Waals surface area contributed by atoms with Crippen molar-refractivity contribution in [2.75, 3.05) is 0 Å². The minimum atomic E-state index is 0.629. The Kier molecular flexibility index (Phi) is 8.11. The van der Waals surface area contributed by atoms with Gasteiger partial charge in [0.05, 0.1) is 0 Å². The molecular formula is C12H25N. The zero-order valence-electron chi connectivity index (χ0n) is 9.47. The fraction of sp³-hybridized carbons (Fsp3) is 0.833. The summed E-state index contributed by atoms with van der Waals surface area (Å²) in [5.74, 6) is 0. The SMILES string of the molecule is C=CCCC(C)NC(C)CCCC. The lowest BCUT2D eigenvalue weighted by molar-refractivity contribution is 0.421. The van der Waals surface area contributed by atoms with Crippen LogP contribution in [0.3, 0.4) is 0 Å². The maximum absolute atomic E-state index is 3.73. The summed E-state index contributed by atoms with van der Waals surface area (Å²) in [7, 11) is 0. The highest BCUT2D eigenvalue weighted by molar-refractivity contribution is 4.73. The Labute approximate surface area is 83.6 Å². The third kappa shape index (κ3) is 8.04. The van der Waals surface area contributed by atoms with Crippen LogP contribution in [0, 0.1) is 0 Å². The van der Waals surface area contributed by atoms with Crippen LogP contribution in [0.25, 0.3) is 0 Å². The zero-order chi connectivity index (χ0) is 10.1. The van der Waals surface area contributed by atoms with Crippen molar-refractivity contribution in [2.24, 2.45) is 0 Å². The molecule has 0 aliphatic heterocycles. The molecule has 0 amide bonds. The van der Waals surface area contributed by atoms with Crippen LogP contribution in [0.5, 0.6) is 0 Å². The van der Waals surface area contributed by atoms with Gasteiger partial charge in [-0.05, 0) is 33.1 Å². The lowest BCUT2D eigenvalue weighted by Gasteiger charge is -2.19. The first-order valence-electron chi connectivity index (χ1n) is 5.57. The second-order valence-electron chi connectivity index (χ2n) is 3.98. The molecule has 0 aromatic heterocycles. The summed E-state index contributed by atoms with van der Waals surface area (Å²) in [4.78, 5) is 0. The van der Waals surface area contributed by atoms with Gasteiger partial charge in [-0.3, -0.25) is 0 Å². The Morgan fingerprint density at radius 2 is 1.85 bits per heavy atom. The topological polar surface area (TPSA) is 12.0 Å². The largest absolute Gasteiger partial charge is 0.312 e. The number of unbranched alkanes of at least 4 members (excludes halogenated alkanes) is 1. The first-order chi connectivity index (χ1) is 6.20. The molecule has 2 unspecified atom stereocenters. The maximum atomic E-state index is 3.73. The molecule has 0 radical (unpaired) electrons. The predicted molar refractivity (Wildman–Crippen MR) is 61.0 cm³/mol. The summed E-state index contributed by atoms with van der Waals surface area (Å²) in [5.41, 5.74) is 0. The molecule has 0 aliphatic carbocycles. The Bertz CT molecular complexity index is 120. The Hall–Kier alpha value is -0.300. The van der Waals surface area contributed by atoms with Gasteiger partial charge < -0.3 is 5.32 Å². The number of nitrogens with one attached hydrogen (secondary N) is 1. The summed E-state index contributed by atoms with van der Waals surface area (Å²) in [5, 5.41) is 3.60. The van der Waals surface area contributed by atoms with Crippen LogP contribution in [0.1, 0.15) is 52.9 Å². The summed E-state index contributed by atoms with van der Waals surface area (Å²) >= 11 is 0. The van der Waals surface area contributed by atoms with E-state index in [2.05, 4.69) is 32.7 Å². The van der Waals surface area contributed by atoms with Crippen molar-refractivity contribution in [3.05, 3.63) is 12.7 Å². The molecule has 0 rings (SSSR count). The molecule has 2 atom stereocenters. The third-order valence-electron chi connectivity index (χ3n) is 2.36. The molecule has 0 aromatic carbocycles. The molecule has 0 saturated heterocycles. The van der Waals surface area contributed by atoms with E-state index in [1.807, 2.05) is 6.08 Å². The number of hydrogen-bond acceptors (Lipinski definition) is 1. The molecule has 1 heteroatoms. The molecule has 0 aliphatic rings. The van der Waals surface area contributed by atoms with E-state index >= 15 is 0 Å². The highest BCUT2D eigenvalue weighted by Gasteiger charge is 2.05. The fourth-order valence-electron chi connectivity index (χ4n) is 1.53. The van der Waals surface area contributed by atoms with Crippen LogP contribution in [0.4, 0.5) is 0 Å². The second-order valence-corrected chi connectivity index (χ2v) is 3.98. The van der Waals surface area contributed by atoms with Gasteiger partial charge in [-0.15, -0.1) is 6.58 Å². The summed E-state index contributed by atoms with van der Waals surface area (Å²) in [6, 6.07) is 1.30. The molecule has 1 N–H and O–H groups in total. The highest BCUT2D eigenvalue weighted by atomic mass is 14.9. The minimum absolute atomic E-state index is 0.629. The van der Waals surface area contributed by atoms with Gasteiger partial charge in [-0.25, -0.2) is 0 Å². The van der Waals surface area contributed by atoms with Crippen LogP contribution in [0.2, 0.25) is 0 Å². The highest BCUT2D eigenvalue weighted by Crippen LogP contribution is 2.03. The molecular weight excluding hydrogens is 158 g/mol. The Morgan fingerprint density at radius 3 is 2.38 bits per heavy atom. The molecule has 78 valence electrons. The van der Waals surface area contributed by atoms with E-state index in [0.717, 1.165) is 6.42 Å². The van der Waals surface area contributed by atoms with Gasteiger partial charge in [0.2, 0.25) is 0 Å². The van der Waals surface area contributed by atoms with Gasteiger partial charge in [0.1, 0.15) is 0 Å². The fourth-order valence-corrected chi connectivity index (χ4v) is 1.53. The molecule has 0 heterocycles. The molecule has 0 saturated carbocycles. The van der Waals surface area contributed by atoms with Crippen LogP contribution in [-0.2, 0) is 0 Å². The molecule has 0 spiro atoms. The summed E-state index contributed by atoms with van der Waals surface area (Å²) in [6.07, 6.45) is 8.26. The first-order valence-corrected chi connectivity index (χ1v) is 5.57. The Morgan fingerprint density at radius 1 is 1.23 bits per heavy atom. The van der Waals surface area contributed by atoms with Crippen molar-refractivity contribution in [3.63, 3.8) is 0 Å². The van der Waals surface area contributed by atoms with Gasteiger partial charge in [-0.1, -0.05) is 25.8 Å². The van der Waals surface area contributed by atoms with Gasteiger partial charge >= 0.3 is 0 Å². The molecule has 1 nitrogen and oxygen atoms in total. The average molecular weight is 183 g/mol. The predicted octanol–water partition coefficient (Wildman–Crippen LogP) is 3.51. The van der Waals surface area contributed by atoms with Crippen molar-refractivity contribution < 1.29 is 0 Å². The van der Waals surface area contributed by atoms with Gasteiger partial charge in [0.25, 0.3) is 0 Å². The molecule has 0 aromatic rings. The average Bonchev–Trinajstić information content (AvgIpc) is 2.11. The van der Waals surface area contributed by atoms with Crippen LogP contribution in [-0.4, -0.2) is 12.1 Å². The molecule has 0 bridgehead atoms. The Balaban J connectivity index is 3.40. The van der Waals surface area contributed by atoms with E-state index in [1.165, 1.54) is 25.7 Å². The lowest BCUT2D eigenvalue weighted by Crippen LogP contribution is -2.34. The van der Waals surface area contributed by atoms with Crippen LogP contribution >= 0.6 is 0 Å². The van der Waals surface area contributed by atoms with Crippen molar-refractivity contribution >= 4 is 0 Å². The third-order valence-corrected chi connectivity index (χ3v) is 2.36. The summed E-state index contributed by atoms with van der Waals surface area (Å²) < 4.78 is 0. The molecule has 13 heavy (non-hydrogen) atoms.